The fourth-order valence-electron chi connectivity index (χ4n) is 2.06. The van der Waals surface area contributed by atoms with Crippen LogP contribution in [0.15, 0.2) is 18.2 Å². The number of thioether (sulfide) groups is 1. The van der Waals surface area contributed by atoms with E-state index >= 15 is 0 Å². The largest absolute Gasteiger partial charge is 0.398 e. The molecule has 4 heteroatoms. The van der Waals surface area contributed by atoms with E-state index < -0.39 is 0 Å². The normalized spacial score (nSPS) is 15.1. The van der Waals surface area contributed by atoms with Crippen molar-refractivity contribution in [3.8, 4) is 0 Å². The molecule has 2 heterocycles. The zero-order valence-electron chi connectivity index (χ0n) is 8.66. The average Bonchev–Trinajstić information content (AvgIpc) is 2.31. The number of halogens is 1. The summed E-state index contributed by atoms with van der Waals surface area (Å²) in [5.74, 6) is 1.72. The molecule has 3 rings (SSSR count). The number of anilines is 1. The van der Waals surface area contributed by atoms with Crippen LogP contribution in [-0.2, 0) is 12.2 Å². The Morgan fingerprint density at radius 3 is 3.12 bits per heavy atom. The maximum absolute atomic E-state index is 13.2. The predicted octanol–water partition coefficient (Wildman–Crippen LogP) is 2.75. The summed E-state index contributed by atoms with van der Waals surface area (Å²) in [6.45, 7) is 0. The summed E-state index contributed by atoms with van der Waals surface area (Å²) in [4.78, 5) is 4.56. The molecule has 0 amide bonds. The fraction of sp³-hybridized carbons (Fsp3) is 0.250. The molecular weight excluding hydrogens is 223 g/mol. The van der Waals surface area contributed by atoms with Gasteiger partial charge in [-0.25, -0.2) is 4.39 Å². The van der Waals surface area contributed by atoms with Crippen LogP contribution >= 0.6 is 11.8 Å². The van der Waals surface area contributed by atoms with Gasteiger partial charge < -0.3 is 5.73 Å². The van der Waals surface area contributed by atoms with E-state index in [2.05, 4.69) is 4.98 Å². The van der Waals surface area contributed by atoms with Crippen molar-refractivity contribution in [3.05, 3.63) is 35.3 Å². The van der Waals surface area contributed by atoms with Crippen molar-refractivity contribution in [2.75, 3.05) is 11.5 Å². The van der Waals surface area contributed by atoms with Crippen LogP contribution in [0.2, 0.25) is 0 Å². The average molecular weight is 234 g/mol. The number of nitrogen functional groups attached to an aromatic ring is 1. The molecule has 0 fully saturated rings. The van der Waals surface area contributed by atoms with Crippen LogP contribution in [0.5, 0.6) is 0 Å². The minimum Gasteiger partial charge on any atom is -0.398 e. The molecule has 2 nitrogen and oxygen atoms in total. The van der Waals surface area contributed by atoms with Crippen molar-refractivity contribution in [2.45, 2.75) is 12.2 Å². The van der Waals surface area contributed by atoms with Crippen LogP contribution in [0.4, 0.5) is 10.1 Å². The van der Waals surface area contributed by atoms with Gasteiger partial charge in [0, 0.05) is 28.1 Å². The van der Waals surface area contributed by atoms with Gasteiger partial charge in [-0.1, -0.05) is 0 Å². The van der Waals surface area contributed by atoms with Gasteiger partial charge in [0.05, 0.1) is 5.52 Å². The maximum Gasteiger partial charge on any atom is 0.124 e. The van der Waals surface area contributed by atoms with Crippen LogP contribution in [0.3, 0.4) is 0 Å². The molecule has 0 spiro atoms. The van der Waals surface area contributed by atoms with E-state index in [0.717, 1.165) is 40.1 Å². The Kier molecular flexibility index (Phi) is 2.24. The molecule has 0 atom stereocenters. The first-order chi connectivity index (χ1) is 7.75. The second kappa shape index (κ2) is 3.63. The Balaban J connectivity index is 2.35. The third kappa shape index (κ3) is 1.45. The fourth-order valence-corrected chi connectivity index (χ4v) is 3.07. The van der Waals surface area contributed by atoms with E-state index in [1.54, 1.807) is 6.07 Å². The molecule has 0 aliphatic carbocycles. The summed E-state index contributed by atoms with van der Waals surface area (Å²) in [6.07, 6.45) is 0.956. The van der Waals surface area contributed by atoms with Crippen LogP contribution in [0.1, 0.15) is 11.3 Å². The van der Waals surface area contributed by atoms with Gasteiger partial charge in [0.1, 0.15) is 5.82 Å². The van der Waals surface area contributed by atoms with Crippen molar-refractivity contribution in [1.29, 1.82) is 0 Å². The lowest BCUT2D eigenvalue weighted by molar-refractivity contribution is 0.629. The topological polar surface area (TPSA) is 38.9 Å². The highest BCUT2D eigenvalue weighted by molar-refractivity contribution is 7.98. The minimum atomic E-state index is -0.260. The number of pyridine rings is 1. The second-order valence-electron chi connectivity index (χ2n) is 3.91. The lowest BCUT2D eigenvalue weighted by Crippen LogP contribution is -2.09. The van der Waals surface area contributed by atoms with Crippen molar-refractivity contribution < 1.29 is 4.39 Å². The molecule has 2 N–H and O–H groups in total. The van der Waals surface area contributed by atoms with E-state index in [1.807, 2.05) is 11.8 Å². The Morgan fingerprint density at radius 2 is 2.25 bits per heavy atom. The molecule has 1 aromatic heterocycles. The molecule has 1 aliphatic heterocycles. The Labute approximate surface area is 97.1 Å². The molecule has 1 aromatic carbocycles. The summed E-state index contributed by atoms with van der Waals surface area (Å²) in [7, 11) is 0. The molecule has 0 bridgehead atoms. The number of hydrogen-bond donors (Lipinski definition) is 1. The van der Waals surface area contributed by atoms with Crippen molar-refractivity contribution in [3.63, 3.8) is 0 Å². The number of nitrogens with zero attached hydrogens (tertiary/aromatic N) is 1. The Hall–Kier alpha value is -1.29. The Morgan fingerprint density at radius 1 is 1.38 bits per heavy atom. The highest BCUT2D eigenvalue weighted by Crippen LogP contribution is 2.33. The number of nitrogens with two attached hydrogens (primary N) is 1. The number of fused-ring (bicyclic) bond motifs is 2. The van der Waals surface area contributed by atoms with Gasteiger partial charge in [0.2, 0.25) is 0 Å². The van der Waals surface area contributed by atoms with E-state index in [4.69, 9.17) is 5.73 Å². The summed E-state index contributed by atoms with van der Waals surface area (Å²) in [5, 5.41) is 0.737. The van der Waals surface area contributed by atoms with Crippen LogP contribution < -0.4 is 5.73 Å². The summed E-state index contributed by atoms with van der Waals surface area (Å²) in [6, 6.07) is 4.60. The lowest BCUT2D eigenvalue weighted by atomic mass is 10.1. The zero-order chi connectivity index (χ0) is 11.1. The SMILES string of the molecule is Nc1c2c(nc3ccc(F)cc13)CCSC2. The third-order valence-corrected chi connectivity index (χ3v) is 3.89. The molecule has 0 saturated carbocycles. The number of rotatable bonds is 0. The predicted molar refractivity (Wildman–Crippen MR) is 66.0 cm³/mol. The number of aryl methyl sites for hydroxylation is 1. The first-order valence-corrected chi connectivity index (χ1v) is 6.35. The summed E-state index contributed by atoms with van der Waals surface area (Å²) >= 11 is 1.85. The highest BCUT2D eigenvalue weighted by Gasteiger charge is 2.16. The molecule has 1 aliphatic rings. The van der Waals surface area contributed by atoms with Crippen molar-refractivity contribution in [1.82, 2.24) is 4.98 Å². The van der Waals surface area contributed by atoms with Crippen LogP contribution in [0, 0.1) is 5.82 Å². The van der Waals surface area contributed by atoms with Gasteiger partial charge in [0.15, 0.2) is 0 Å². The van der Waals surface area contributed by atoms with E-state index in [0.29, 0.717) is 5.69 Å². The number of benzene rings is 1. The maximum atomic E-state index is 13.2. The summed E-state index contributed by atoms with van der Waals surface area (Å²) < 4.78 is 13.2. The molecule has 0 radical (unpaired) electrons. The second-order valence-corrected chi connectivity index (χ2v) is 5.02. The number of hydrogen-bond acceptors (Lipinski definition) is 3. The van der Waals surface area contributed by atoms with E-state index in [-0.39, 0.29) is 5.82 Å². The van der Waals surface area contributed by atoms with E-state index in [1.165, 1.54) is 12.1 Å². The van der Waals surface area contributed by atoms with Gasteiger partial charge in [-0.3, -0.25) is 4.98 Å². The standard InChI is InChI=1S/C12H11FN2S/c13-7-1-2-10-8(5-7)12(14)9-6-16-4-3-11(9)15-10/h1-2,5H,3-4,6H2,(H2,14,15). The van der Waals surface area contributed by atoms with Gasteiger partial charge in [-0.2, -0.15) is 11.8 Å². The van der Waals surface area contributed by atoms with Gasteiger partial charge >= 0.3 is 0 Å². The number of aromatic nitrogens is 1. The summed E-state index contributed by atoms with van der Waals surface area (Å²) in [5.41, 5.74) is 9.76. The first kappa shape index (κ1) is 9.90. The molecule has 0 saturated heterocycles. The monoisotopic (exact) mass is 234 g/mol. The molecule has 82 valence electrons. The smallest absolute Gasteiger partial charge is 0.124 e. The zero-order valence-corrected chi connectivity index (χ0v) is 9.48. The third-order valence-electron chi connectivity index (χ3n) is 2.91. The molecule has 0 unspecified atom stereocenters. The van der Waals surface area contributed by atoms with Gasteiger partial charge in [0.25, 0.3) is 0 Å². The van der Waals surface area contributed by atoms with Gasteiger partial charge in [-0.05, 0) is 30.4 Å². The van der Waals surface area contributed by atoms with Crippen molar-refractivity contribution in [2.24, 2.45) is 0 Å². The first-order valence-electron chi connectivity index (χ1n) is 5.20. The molecule has 16 heavy (non-hydrogen) atoms. The molecular formula is C12H11FN2S. The van der Waals surface area contributed by atoms with Crippen LogP contribution in [0.25, 0.3) is 10.9 Å². The van der Waals surface area contributed by atoms with E-state index in [9.17, 15) is 4.39 Å². The minimum absolute atomic E-state index is 0.260. The Bertz CT molecular complexity index is 568. The van der Waals surface area contributed by atoms with Gasteiger partial charge in [-0.15, -0.1) is 0 Å². The van der Waals surface area contributed by atoms with Crippen molar-refractivity contribution >= 4 is 28.4 Å². The lowest BCUT2D eigenvalue weighted by Gasteiger charge is -2.18. The quantitative estimate of drug-likeness (QED) is 0.761. The highest BCUT2D eigenvalue weighted by atomic mass is 32.2. The molecule has 2 aromatic rings. The van der Waals surface area contributed by atoms with Crippen LogP contribution in [-0.4, -0.2) is 10.7 Å².